The summed E-state index contributed by atoms with van der Waals surface area (Å²) in [6.07, 6.45) is 1.07. The maximum atomic E-state index is 4.76. The summed E-state index contributed by atoms with van der Waals surface area (Å²) in [7, 11) is 0. The van der Waals surface area contributed by atoms with E-state index in [0.717, 1.165) is 21.4 Å². The van der Waals surface area contributed by atoms with Crippen molar-refractivity contribution >= 4 is 48.8 Å². The van der Waals surface area contributed by atoms with Crippen molar-refractivity contribution in [1.82, 2.24) is 4.98 Å². The predicted molar refractivity (Wildman–Crippen MR) is 84.7 cm³/mol. The molecule has 0 amide bonds. The summed E-state index contributed by atoms with van der Waals surface area (Å²) in [6.45, 7) is 4.40. The Kier molecular flexibility index (Phi) is 3.26. The second-order valence-electron chi connectivity index (χ2n) is 4.17. The Labute approximate surface area is 123 Å². The number of aromatic nitrogens is 1. The highest BCUT2D eigenvalue weighted by Crippen LogP contribution is 2.37. The van der Waals surface area contributed by atoms with Crippen LogP contribution in [-0.2, 0) is 6.42 Å². The van der Waals surface area contributed by atoms with Gasteiger partial charge in [-0.05, 0) is 37.1 Å². The number of aryl methyl sites for hydroxylation is 1. The molecule has 0 aliphatic carbocycles. The Balaban J connectivity index is 2.19. The minimum atomic E-state index is 1.07. The molecule has 3 rings (SSSR count). The molecule has 4 heteroatoms. The number of thiazole rings is 1. The van der Waals surface area contributed by atoms with Gasteiger partial charge in [0.25, 0.3) is 0 Å². The summed E-state index contributed by atoms with van der Waals surface area (Å²) in [4.78, 5) is 6.17. The fourth-order valence-electron chi connectivity index (χ4n) is 2.11. The molecule has 1 aromatic carbocycles. The van der Waals surface area contributed by atoms with Crippen LogP contribution in [0, 0.1) is 6.92 Å². The van der Waals surface area contributed by atoms with Crippen molar-refractivity contribution in [3.63, 3.8) is 0 Å². The molecule has 18 heavy (non-hydrogen) atoms. The maximum absolute atomic E-state index is 4.76. The summed E-state index contributed by atoms with van der Waals surface area (Å²) in [5, 5.41) is 3.38. The van der Waals surface area contributed by atoms with Gasteiger partial charge in [-0.3, -0.25) is 0 Å². The zero-order valence-corrected chi connectivity index (χ0v) is 13.4. The highest BCUT2D eigenvalue weighted by atomic mass is 79.9. The first-order chi connectivity index (χ1) is 8.69. The van der Waals surface area contributed by atoms with Gasteiger partial charge in [-0.25, -0.2) is 4.98 Å². The number of benzene rings is 1. The molecule has 0 radical (unpaired) electrons. The van der Waals surface area contributed by atoms with E-state index in [0.29, 0.717) is 0 Å². The molecule has 2 aromatic heterocycles. The van der Waals surface area contributed by atoms with Crippen molar-refractivity contribution in [3.8, 4) is 10.6 Å². The third-order valence-corrected chi connectivity index (χ3v) is 5.55. The van der Waals surface area contributed by atoms with Crippen LogP contribution in [0.15, 0.2) is 28.1 Å². The Bertz CT molecular complexity index is 712. The number of hydrogen-bond donors (Lipinski definition) is 0. The van der Waals surface area contributed by atoms with Gasteiger partial charge in [0.15, 0.2) is 0 Å². The Morgan fingerprint density at radius 1 is 1.33 bits per heavy atom. The van der Waals surface area contributed by atoms with E-state index in [2.05, 4.69) is 53.4 Å². The van der Waals surface area contributed by atoms with Crippen LogP contribution < -0.4 is 0 Å². The van der Waals surface area contributed by atoms with Gasteiger partial charge in [0, 0.05) is 20.3 Å². The van der Waals surface area contributed by atoms with Crippen molar-refractivity contribution in [1.29, 1.82) is 0 Å². The van der Waals surface area contributed by atoms with Crippen molar-refractivity contribution < 1.29 is 0 Å². The van der Waals surface area contributed by atoms with Crippen LogP contribution in [0.1, 0.15) is 17.4 Å². The van der Waals surface area contributed by atoms with Crippen LogP contribution in [0.4, 0.5) is 0 Å². The van der Waals surface area contributed by atoms with Gasteiger partial charge < -0.3 is 0 Å². The van der Waals surface area contributed by atoms with Gasteiger partial charge in [0.2, 0.25) is 0 Å². The molecule has 0 aliphatic rings. The van der Waals surface area contributed by atoms with Crippen molar-refractivity contribution in [2.24, 2.45) is 0 Å². The zero-order valence-electron chi connectivity index (χ0n) is 10.2. The first-order valence-electron chi connectivity index (χ1n) is 5.82. The lowest BCUT2D eigenvalue weighted by atomic mass is 10.1. The summed E-state index contributed by atoms with van der Waals surface area (Å²) >= 11 is 7.09. The maximum Gasteiger partial charge on any atom is 0.125 e. The summed E-state index contributed by atoms with van der Waals surface area (Å²) in [6, 6.07) is 6.29. The number of fused-ring (bicyclic) bond motifs is 1. The lowest BCUT2D eigenvalue weighted by Gasteiger charge is -1.98. The van der Waals surface area contributed by atoms with E-state index < -0.39 is 0 Å². The molecule has 92 valence electrons. The topological polar surface area (TPSA) is 12.9 Å². The smallest absolute Gasteiger partial charge is 0.125 e. The van der Waals surface area contributed by atoms with Crippen LogP contribution in [0.25, 0.3) is 20.8 Å². The molecule has 0 aliphatic heterocycles. The lowest BCUT2D eigenvalue weighted by Crippen LogP contribution is -1.83. The molecule has 3 aromatic rings. The Morgan fingerprint density at radius 2 is 2.17 bits per heavy atom. The molecule has 0 spiro atoms. The second kappa shape index (κ2) is 4.76. The number of rotatable bonds is 2. The van der Waals surface area contributed by atoms with Crippen LogP contribution in [0.2, 0.25) is 0 Å². The van der Waals surface area contributed by atoms with Gasteiger partial charge in [0.1, 0.15) is 5.01 Å². The molecule has 0 atom stereocenters. The molecule has 0 unspecified atom stereocenters. The predicted octanol–water partition coefficient (Wildman–Crippen LogP) is 5.66. The average molecular weight is 338 g/mol. The molecule has 0 fully saturated rings. The van der Waals surface area contributed by atoms with E-state index in [1.54, 1.807) is 11.3 Å². The molecular weight excluding hydrogens is 326 g/mol. The van der Waals surface area contributed by atoms with E-state index in [1.807, 2.05) is 11.3 Å². The lowest BCUT2D eigenvalue weighted by molar-refractivity contribution is 1.13. The third-order valence-electron chi connectivity index (χ3n) is 3.04. The monoisotopic (exact) mass is 337 g/mol. The fraction of sp³-hybridized carbons (Fsp3) is 0.214. The van der Waals surface area contributed by atoms with Gasteiger partial charge in [-0.15, -0.1) is 22.7 Å². The standard InChI is InChI=1S/C14H12BrNS2/c1-3-10-8(2)17-7-11(10)14-16-12-6-9(15)4-5-13(12)18-14/h4-7H,3H2,1-2H3. The van der Waals surface area contributed by atoms with Crippen LogP contribution in [0.5, 0.6) is 0 Å². The third kappa shape index (κ3) is 2.02. The summed E-state index contributed by atoms with van der Waals surface area (Å²) in [5.74, 6) is 0. The van der Waals surface area contributed by atoms with Gasteiger partial charge >= 0.3 is 0 Å². The van der Waals surface area contributed by atoms with Crippen molar-refractivity contribution in [2.75, 3.05) is 0 Å². The Morgan fingerprint density at radius 3 is 2.94 bits per heavy atom. The Hall–Kier alpha value is -0.710. The quantitative estimate of drug-likeness (QED) is 0.588. The van der Waals surface area contributed by atoms with Crippen LogP contribution in [0.3, 0.4) is 0 Å². The van der Waals surface area contributed by atoms with Crippen molar-refractivity contribution in [3.05, 3.63) is 38.5 Å². The van der Waals surface area contributed by atoms with Crippen LogP contribution >= 0.6 is 38.6 Å². The van der Waals surface area contributed by atoms with Crippen molar-refractivity contribution in [2.45, 2.75) is 20.3 Å². The highest BCUT2D eigenvalue weighted by molar-refractivity contribution is 9.10. The van der Waals surface area contributed by atoms with E-state index in [9.17, 15) is 0 Å². The molecule has 0 bridgehead atoms. The molecule has 0 saturated heterocycles. The second-order valence-corrected chi connectivity index (χ2v) is 7.20. The minimum Gasteiger partial charge on any atom is -0.236 e. The van der Waals surface area contributed by atoms with E-state index in [4.69, 9.17) is 4.98 Å². The highest BCUT2D eigenvalue weighted by Gasteiger charge is 2.13. The average Bonchev–Trinajstić information content (AvgIpc) is 2.91. The number of nitrogens with zero attached hydrogens (tertiary/aromatic N) is 1. The SMILES string of the molecule is CCc1c(-c2nc3cc(Br)ccc3s2)csc1C. The molecule has 2 heterocycles. The fourth-order valence-corrected chi connectivity index (χ4v) is 4.47. The molecule has 0 N–H and O–H groups in total. The van der Waals surface area contributed by atoms with Gasteiger partial charge in [0.05, 0.1) is 10.2 Å². The van der Waals surface area contributed by atoms with E-state index >= 15 is 0 Å². The number of halogens is 1. The molecular formula is C14H12BrNS2. The number of thiophene rings is 1. The first kappa shape index (κ1) is 12.3. The number of hydrogen-bond acceptors (Lipinski definition) is 3. The first-order valence-corrected chi connectivity index (χ1v) is 8.31. The summed E-state index contributed by atoms with van der Waals surface area (Å²) in [5.41, 5.74) is 3.84. The molecule has 0 saturated carbocycles. The van der Waals surface area contributed by atoms with E-state index in [-0.39, 0.29) is 0 Å². The van der Waals surface area contributed by atoms with Gasteiger partial charge in [-0.1, -0.05) is 22.9 Å². The normalized spacial score (nSPS) is 11.3. The zero-order chi connectivity index (χ0) is 12.7. The summed E-state index contributed by atoms with van der Waals surface area (Å²) < 4.78 is 2.34. The van der Waals surface area contributed by atoms with Crippen LogP contribution in [-0.4, -0.2) is 4.98 Å². The largest absolute Gasteiger partial charge is 0.236 e. The molecule has 1 nitrogen and oxygen atoms in total. The van der Waals surface area contributed by atoms with Gasteiger partial charge in [-0.2, -0.15) is 0 Å². The minimum absolute atomic E-state index is 1.07. The van der Waals surface area contributed by atoms with E-state index in [1.165, 1.54) is 20.7 Å².